The fourth-order valence-electron chi connectivity index (χ4n) is 3.91. The van der Waals surface area contributed by atoms with Crippen LogP contribution in [0.3, 0.4) is 0 Å². The average Bonchev–Trinajstić information content (AvgIpc) is 3.60. The smallest absolute Gasteiger partial charge is 0.260 e. The fourth-order valence-corrected chi connectivity index (χ4v) is 4.27. The lowest BCUT2D eigenvalue weighted by molar-refractivity contribution is 0.0953. The van der Waals surface area contributed by atoms with Gasteiger partial charge >= 0.3 is 0 Å². The number of hydrogen-bond acceptors (Lipinski definition) is 4. The van der Waals surface area contributed by atoms with Crippen molar-refractivity contribution in [1.29, 1.82) is 0 Å². The lowest BCUT2D eigenvalue weighted by Gasteiger charge is -2.12. The van der Waals surface area contributed by atoms with Crippen molar-refractivity contribution in [1.82, 2.24) is 4.98 Å². The number of ether oxygens (including phenoxy) is 2. The van der Waals surface area contributed by atoms with Gasteiger partial charge in [-0.2, -0.15) is 0 Å². The molecule has 154 valence electrons. The van der Waals surface area contributed by atoms with Gasteiger partial charge in [0.15, 0.2) is 6.10 Å². The number of carbonyl (C=O) groups excluding carboxylic acids is 1. The maximum absolute atomic E-state index is 13.5. The van der Waals surface area contributed by atoms with Crippen molar-refractivity contribution in [3.05, 3.63) is 98.7 Å². The van der Waals surface area contributed by atoms with E-state index in [1.807, 2.05) is 72.8 Å². The Bertz CT molecular complexity index is 1350. The summed E-state index contributed by atoms with van der Waals surface area (Å²) in [6, 6.07) is 22.5. The predicted molar refractivity (Wildman–Crippen MR) is 123 cm³/mol. The number of aromatic amines is 1. The minimum Gasteiger partial charge on any atom is -0.497 e. The zero-order chi connectivity index (χ0) is 21.5. The molecule has 5 rings (SSSR count). The van der Waals surface area contributed by atoms with Gasteiger partial charge in [0.25, 0.3) is 5.56 Å². The summed E-state index contributed by atoms with van der Waals surface area (Å²) in [4.78, 5) is 29.4. The molecule has 1 fully saturated rings. The van der Waals surface area contributed by atoms with Crippen LogP contribution in [-0.2, 0) is 4.74 Å². The van der Waals surface area contributed by atoms with Crippen molar-refractivity contribution < 1.29 is 14.3 Å². The average molecular weight is 476 g/mol. The first-order valence-corrected chi connectivity index (χ1v) is 10.6. The van der Waals surface area contributed by atoms with Gasteiger partial charge in [-0.25, -0.2) is 0 Å². The number of H-pyrrole nitrogens is 1. The number of nitrogens with one attached hydrogen (secondary N) is 1. The quantitative estimate of drug-likeness (QED) is 0.314. The van der Waals surface area contributed by atoms with Crippen LogP contribution in [0.25, 0.3) is 22.0 Å². The van der Waals surface area contributed by atoms with E-state index in [9.17, 15) is 9.59 Å². The van der Waals surface area contributed by atoms with Gasteiger partial charge in [0, 0.05) is 20.9 Å². The first-order chi connectivity index (χ1) is 15.1. The van der Waals surface area contributed by atoms with Crippen LogP contribution in [0.1, 0.15) is 22.0 Å². The highest BCUT2D eigenvalue weighted by molar-refractivity contribution is 9.10. The third kappa shape index (κ3) is 3.58. The van der Waals surface area contributed by atoms with Crippen molar-refractivity contribution in [2.75, 3.05) is 7.11 Å². The first kappa shape index (κ1) is 19.7. The number of Topliss-reactive ketones (excluding diaryl/α,β-unsaturated/α-hetero) is 1. The van der Waals surface area contributed by atoms with Gasteiger partial charge in [-0.15, -0.1) is 0 Å². The molecule has 31 heavy (non-hydrogen) atoms. The van der Waals surface area contributed by atoms with Crippen LogP contribution < -0.4 is 10.3 Å². The minimum absolute atomic E-state index is 0.123. The van der Waals surface area contributed by atoms with Gasteiger partial charge in [0.2, 0.25) is 5.78 Å². The Morgan fingerprint density at radius 1 is 1.03 bits per heavy atom. The van der Waals surface area contributed by atoms with Gasteiger partial charge in [0.05, 0.1) is 12.7 Å². The molecular formula is C25H18BrNO4. The van der Waals surface area contributed by atoms with Crippen molar-refractivity contribution >= 4 is 32.6 Å². The molecule has 4 aromatic rings. The first-order valence-electron chi connectivity index (χ1n) is 9.81. The number of carbonyl (C=O) groups is 1. The van der Waals surface area contributed by atoms with Gasteiger partial charge < -0.3 is 14.5 Å². The van der Waals surface area contributed by atoms with Crippen LogP contribution >= 0.6 is 15.9 Å². The molecule has 0 spiro atoms. The number of rotatable bonds is 5. The fraction of sp³-hybridized carbons (Fsp3) is 0.120. The Morgan fingerprint density at radius 3 is 2.48 bits per heavy atom. The van der Waals surface area contributed by atoms with E-state index in [4.69, 9.17) is 9.47 Å². The highest BCUT2D eigenvalue weighted by Crippen LogP contribution is 2.42. The molecule has 6 heteroatoms. The third-order valence-corrected chi connectivity index (χ3v) is 5.97. The zero-order valence-electron chi connectivity index (χ0n) is 16.6. The Balaban J connectivity index is 1.62. The Kier molecular flexibility index (Phi) is 4.96. The van der Waals surface area contributed by atoms with E-state index in [0.29, 0.717) is 11.1 Å². The van der Waals surface area contributed by atoms with Crippen LogP contribution in [0.2, 0.25) is 0 Å². The highest BCUT2D eigenvalue weighted by atomic mass is 79.9. The SMILES string of the molecule is COc1ccc([C@@H]2O[C@@H]2C(=O)c2c(-c3ccccc3)c3cc(Br)ccc3[nH]c2=O)cc1. The largest absolute Gasteiger partial charge is 0.497 e. The second-order valence-electron chi connectivity index (χ2n) is 7.37. The molecule has 0 amide bonds. The van der Waals surface area contributed by atoms with Crippen LogP contribution in [0.15, 0.2) is 82.1 Å². The lowest BCUT2D eigenvalue weighted by Crippen LogP contribution is -2.23. The predicted octanol–water partition coefficient (Wildman–Crippen LogP) is 5.29. The van der Waals surface area contributed by atoms with Gasteiger partial charge in [-0.05, 0) is 41.5 Å². The minimum atomic E-state index is -0.693. The number of aromatic nitrogens is 1. The molecular weight excluding hydrogens is 458 g/mol. The van der Waals surface area contributed by atoms with Gasteiger partial charge in [-0.3, -0.25) is 9.59 Å². The summed E-state index contributed by atoms with van der Waals surface area (Å²) in [5.41, 5.74) is 2.68. The molecule has 3 aromatic carbocycles. The summed E-state index contributed by atoms with van der Waals surface area (Å²) >= 11 is 3.50. The van der Waals surface area contributed by atoms with Crippen LogP contribution in [0.4, 0.5) is 0 Å². The topological polar surface area (TPSA) is 71.7 Å². The molecule has 0 unspecified atom stereocenters. The van der Waals surface area contributed by atoms with Crippen molar-refractivity contribution in [3.8, 4) is 16.9 Å². The highest BCUT2D eigenvalue weighted by Gasteiger charge is 2.47. The Morgan fingerprint density at radius 2 is 1.77 bits per heavy atom. The van der Waals surface area contributed by atoms with E-state index >= 15 is 0 Å². The number of methoxy groups -OCH3 is 1. The van der Waals surface area contributed by atoms with Gasteiger partial charge in [0.1, 0.15) is 11.9 Å². The van der Waals surface area contributed by atoms with Crippen molar-refractivity contribution in [2.24, 2.45) is 0 Å². The maximum Gasteiger partial charge on any atom is 0.260 e. The summed E-state index contributed by atoms with van der Waals surface area (Å²) in [6.45, 7) is 0. The number of ketones is 1. The van der Waals surface area contributed by atoms with E-state index in [1.165, 1.54) is 0 Å². The number of pyridine rings is 1. The molecule has 5 nitrogen and oxygen atoms in total. The summed E-state index contributed by atoms with van der Waals surface area (Å²) in [5.74, 6) is 0.415. The lowest BCUT2D eigenvalue weighted by atomic mass is 9.92. The molecule has 1 aliphatic rings. The molecule has 1 N–H and O–H groups in total. The van der Waals surface area contributed by atoms with E-state index < -0.39 is 11.7 Å². The monoisotopic (exact) mass is 475 g/mol. The van der Waals surface area contributed by atoms with E-state index in [0.717, 1.165) is 26.7 Å². The van der Waals surface area contributed by atoms with E-state index in [2.05, 4.69) is 20.9 Å². The van der Waals surface area contributed by atoms with Gasteiger partial charge in [-0.1, -0.05) is 58.4 Å². The Hall–Kier alpha value is -3.22. The number of halogens is 1. The molecule has 0 radical (unpaired) electrons. The molecule has 0 bridgehead atoms. The number of fused-ring (bicyclic) bond motifs is 1. The maximum atomic E-state index is 13.5. The second kappa shape index (κ2) is 7.80. The summed E-state index contributed by atoms with van der Waals surface area (Å²) in [5, 5.41) is 0.796. The third-order valence-electron chi connectivity index (χ3n) is 5.48. The standard InChI is InChI=1S/C25H18BrNO4/c1-30-17-10-7-15(8-11-17)23-24(31-23)22(28)21-20(14-5-3-2-4-6-14)18-13-16(26)9-12-19(18)27-25(21)29/h2-13,23-24H,1H3,(H,27,29)/t23-,24+/m0/s1. The van der Waals surface area contributed by atoms with E-state index in [-0.39, 0.29) is 17.5 Å². The molecule has 1 aliphatic heterocycles. The van der Waals surface area contributed by atoms with Crippen molar-refractivity contribution in [3.63, 3.8) is 0 Å². The van der Waals surface area contributed by atoms with Crippen LogP contribution in [-0.4, -0.2) is 24.0 Å². The zero-order valence-corrected chi connectivity index (χ0v) is 18.2. The summed E-state index contributed by atoms with van der Waals surface area (Å²) in [6.07, 6.45) is -1.07. The number of benzene rings is 3. The normalized spacial score (nSPS) is 17.5. The van der Waals surface area contributed by atoms with Crippen LogP contribution in [0.5, 0.6) is 5.75 Å². The van der Waals surface area contributed by atoms with Crippen molar-refractivity contribution in [2.45, 2.75) is 12.2 Å². The second-order valence-corrected chi connectivity index (χ2v) is 8.29. The Labute approximate surface area is 186 Å². The summed E-state index contributed by atoms with van der Waals surface area (Å²) < 4.78 is 11.8. The molecule has 2 atom stereocenters. The molecule has 0 aliphatic carbocycles. The number of epoxide rings is 1. The molecule has 2 heterocycles. The number of hydrogen-bond donors (Lipinski definition) is 1. The summed E-state index contributed by atoms with van der Waals surface area (Å²) in [7, 11) is 1.60. The molecule has 0 saturated carbocycles. The molecule has 1 saturated heterocycles. The molecule has 1 aromatic heterocycles. The van der Waals surface area contributed by atoms with E-state index in [1.54, 1.807) is 7.11 Å². The van der Waals surface area contributed by atoms with Crippen LogP contribution in [0, 0.1) is 0 Å².